The van der Waals surface area contributed by atoms with Crippen LogP contribution in [0.4, 0.5) is 0 Å². The first kappa shape index (κ1) is 30.5. The van der Waals surface area contributed by atoms with E-state index in [1.54, 1.807) is 36.4 Å². The summed E-state index contributed by atoms with van der Waals surface area (Å²) in [5.74, 6) is -7.09. The average Bonchev–Trinajstić information content (AvgIpc) is 3.03. The van der Waals surface area contributed by atoms with Gasteiger partial charge in [0.25, 0.3) is 0 Å². The standard InChI is InChI=1S/C34H30O9/c1-2-3-4-11-20-42-34(41)25-26(28(36)21-12-7-5-8-13-21)30(38)31(39)32(43-33(40)23-14-9-6-10-15-23)27(25)29(37)22-16-18-24(35)19-17-22/h5-10,12-19,35,38-39H,2-4,11,20H2,1H3. The van der Waals surface area contributed by atoms with Crippen molar-refractivity contribution in [2.45, 2.75) is 32.6 Å². The minimum absolute atomic E-state index is 0.0475. The zero-order valence-corrected chi connectivity index (χ0v) is 23.4. The van der Waals surface area contributed by atoms with E-state index >= 15 is 0 Å². The molecular weight excluding hydrogens is 552 g/mol. The van der Waals surface area contributed by atoms with Crippen molar-refractivity contribution in [3.05, 3.63) is 118 Å². The molecule has 220 valence electrons. The third-order valence-corrected chi connectivity index (χ3v) is 6.66. The van der Waals surface area contributed by atoms with Gasteiger partial charge in [0, 0.05) is 11.1 Å². The molecular formula is C34H30O9. The average molecular weight is 583 g/mol. The summed E-state index contributed by atoms with van der Waals surface area (Å²) in [6, 6.07) is 20.3. The van der Waals surface area contributed by atoms with Gasteiger partial charge in [0.2, 0.25) is 5.75 Å². The number of benzene rings is 4. The molecule has 0 fully saturated rings. The van der Waals surface area contributed by atoms with Crippen LogP contribution < -0.4 is 4.74 Å². The lowest BCUT2D eigenvalue weighted by atomic mass is 9.88. The van der Waals surface area contributed by atoms with Crippen LogP contribution in [-0.4, -0.2) is 45.4 Å². The van der Waals surface area contributed by atoms with Crippen LogP contribution >= 0.6 is 0 Å². The van der Waals surface area contributed by atoms with Gasteiger partial charge in [0.15, 0.2) is 23.1 Å². The Bertz CT molecular complexity index is 1630. The summed E-state index contributed by atoms with van der Waals surface area (Å²) in [6.07, 6.45) is 3.11. The fraction of sp³-hybridized carbons (Fsp3) is 0.176. The van der Waals surface area contributed by atoms with Crippen LogP contribution in [0, 0.1) is 0 Å². The maximum Gasteiger partial charge on any atom is 0.343 e. The molecule has 0 radical (unpaired) electrons. The second kappa shape index (κ2) is 14.0. The van der Waals surface area contributed by atoms with Crippen LogP contribution in [0.2, 0.25) is 0 Å². The number of aromatic hydroxyl groups is 3. The topological polar surface area (TPSA) is 147 Å². The normalized spacial score (nSPS) is 10.6. The van der Waals surface area contributed by atoms with E-state index in [0.29, 0.717) is 6.42 Å². The lowest BCUT2D eigenvalue weighted by Crippen LogP contribution is -2.22. The number of hydrogen-bond acceptors (Lipinski definition) is 9. The Morgan fingerprint density at radius 3 is 1.74 bits per heavy atom. The van der Waals surface area contributed by atoms with Crippen molar-refractivity contribution in [1.29, 1.82) is 0 Å². The molecule has 0 spiro atoms. The molecule has 0 aliphatic rings. The van der Waals surface area contributed by atoms with E-state index in [1.165, 1.54) is 48.5 Å². The SMILES string of the molecule is CCCCCCOC(=O)c1c(C(=O)c2ccccc2)c(O)c(O)c(OC(=O)c2ccccc2)c1C(=O)c1ccc(O)cc1. The molecule has 0 amide bonds. The largest absolute Gasteiger partial charge is 0.508 e. The van der Waals surface area contributed by atoms with E-state index in [0.717, 1.165) is 19.3 Å². The summed E-state index contributed by atoms with van der Waals surface area (Å²) < 4.78 is 10.9. The van der Waals surface area contributed by atoms with Gasteiger partial charge in [0.05, 0.1) is 28.9 Å². The van der Waals surface area contributed by atoms with Crippen molar-refractivity contribution in [3.8, 4) is 23.0 Å². The molecule has 0 heterocycles. The van der Waals surface area contributed by atoms with E-state index in [2.05, 4.69) is 0 Å². The fourth-order valence-corrected chi connectivity index (χ4v) is 4.43. The Hall–Kier alpha value is -5.44. The van der Waals surface area contributed by atoms with E-state index < -0.39 is 57.4 Å². The van der Waals surface area contributed by atoms with Gasteiger partial charge < -0.3 is 24.8 Å². The summed E-state index contributed by atoms with van der Waals surface area (Å²) in [5.41, 5.74) is -2.00. The Kier molecular flexibility index (Phi) is 9.90. The fourth-order valence-electron chi connectivity index (χ4n) is 4.43. The van der Waals surface area contributed by atoms with Crippen LogP contribution in [-0.2, 0) is 4.74 Å². The monoisotopic (exact) mass is 582 g/mol. The van der Waals surface area contributed by atoms with Gasteiger partial charge >= 0.3 is 11.9 Å². The van der Waals surface area contributed by atoms with E-state index in [9.17, 15) is 34.5 Å². The summed E-state index contributed by atoms with van der Waals surface area (Å²) >= 11 is 0. The molecule has 3 N–H and O–H groups in total. The molecule has 0 aliphatic heterocycles. The minimum Gasteiger partial charge on any atom is -0.508 e. The van der Waals surface area contributed by atoms with Crippen LogP contribution in [0.5, 0.6) is 23.0 Å². The minimum atomic E-state index is -1.13. The van der Waals surface area contributed by atoms with Gasteiger partial charge in [0.1, 0.15) is 5.75 Å². The van der Waals surface area contributed by atoms with Crippen molar-refractivity contribution in [1.82, 2.24) is 0 Å². The van der Waals surface area contributed by atoms with Gasteiger partial charge in [-0.25, -0.2) is 9.59 Å². The first-order valence-corrected chi connectivity index (χ1v) is 13.7. The first-order valence-electron chi connectivity index (χ1n) is 13.7. The molecule has 0 bridgehead atoms. The van der Waals surface area contributed by atoms with Gasteiger partial charge in [-0.05, 0) is 42.8 Å². The first-order chi connectivity index (χ1) is 20.7. The molecule has 0 aliphatic carbocycles. The number of esters is 2. The number of carbonyl (C=O) groups excluding carboxylic acids is 4. The van der Waals surface area contributed by atoms with E-state index in [4.69, 9.17) is 9.47 Å². The molecule has 0 atom stereocenters. The van der Waals surface area contributed by atoms with Crippen molar-refractivity contribution in [2.75, 3.05) is 6.61 Å². The highest BCUT2D eigenvalue weighted by molar-refractivity contribution is 6.24. The molecule has 4 rings (SSSR count). The van der Waals surface area contributed by atoms with Crippen molar-refractivity contribution < 1.29 is 44.0 Å². The number of phenolic OH excluding ortho intramolecular Hbond substituents is 3. The highest BCUT2D eigenvalue weighted by atomic mass is 16.5. The van der Waals surface area contributed by atoms with Gasteiger partial charge in [-0.15, -0.1) is 0 Å². The lowest BCUT2D eigenvalue weighted by Gasteiger charge is -2.20. The highest BCUT2D eigenvalue weighted by Crippen LogP contribution is 2.46. The number of carbonyl (C=O) groups is 4. The molecule has 0 saturated heterocycles. The summed E-state index contributed by atoms with van der Waals surface area (Å²) in [6.45, 7) is 1.97. The summed E-state index contributed by atoms with van der Waals surface area (Å²) in [7, 11) is 0. The summed E-state index contributed by atoms with van der Waals surface area (Å²) in [5, 5.41) is 32.1. The van der Waals surface area contributed by atoms with Crippen LogP contribution in [0.15, 0.2) is 84.9 Å². The number of ether oxygens (including phenoxy) is 2. The second-order valence-corrected chi connectivity index (χ2v) is 9.67. The number of rotatable bonds is 12. The van der Waals surface area contributed by atoms with Gasteiger partial charge in [-0.2, -0.15) is 0 Å². The van der Waals surface area contributed by atoms with Crippen LogP contribution in [0.3, 0.4) is 0 Å². The smallest absolute Gasteiger partial charge is 0.343 e. The number of phenols is 3. The molecule has 0 aromatic heterocycles. The lowest BCUT2D eigenvalue weighted by molar-refractivity contribution is 0.0489. The van der Waals surface area contributed by atoms with E-state index in [-0.39, 0.29) is 29.0 Å². The quantitative estimate of drug-likeness (QED) is 0.0582. The highest BCUT2D eigenvalue weighted by Gasteiger charge is 2.37. The molecule has 43 heavy (non-hydrogen) atoms. The molecule has 9 heteroatoms. The Morgan fingerprint density at radius 1 is 0.581 bits per heavy atom. The third-order valence-electron chi connectivity index (χ3n) is 6.66. The maximum absolute atomic E-state index is 14.0. The second-order valence-electron chi connectivity index (χ2n) is 9.67. The predicted octanol–water partition coefficient (Wildman–Crippen LogP) is 6.22. The molecule has 9 nitrogen and oxygen atoms in total. The summed E-state index contributed by atoms with van der Waals surface area (Å²) in [4.78, 5) is 54.6. The van der Waals surface area contributed by atoms with Crippen molar-refractivity contribution in [2.24, 2.45) is 0 Å². The zero-order valence-electron chi connectivity index (χ0n) is 23.4. The Balaban J connectivity index is 1.97. The molecule has 0 unspecified atom stereocenters. The molecule has 0 saturated carbocycles. The van der Waals surface area contributed by atoms with Gasteiger partial charge in [-0.3, -0.25) is 9.59 Å². The Labute approximate surface area is 248 Å². The zero-order chi connectivity index (χ0) is 30.9. The third kappa shape index (κ3) is 6.90. The maximum atomic E-state index is 14.0. The number of hydrogen-bond donors (Lipinski definition) is 3. The van der Waals surface area contributed by atoms with Crippen LogP contribution in [0.25, 0.3) is 0 Å². The Morgan fingerprint density at radius 2 is 1.14 bits per heavy atom. The van der Waals surface area contributed by atoms with Crippen molar-refractivity contribution >= 4 is 23.5 Å². The number of unbranched alkanes of at least 4 members (excludes halogenated alkanes) is 3. The molecule has 4 aromatic carbocycles. The van der Waals surface area contributed by atoms with Crippen LogP contribution in [0.1, 0.15) is 85.2 Å². The van der Waals surface area contributed by atoms with Gasteiger partial charge in [-0.1, -0.05) is 74.7 Å². The molecule has 4 aromatic rings. The number of ketones is 2. The van der Waals surface area contributed by atoms with Crippen molar-refractivity contribution in [3.63, 3.8) is 0 Å². The predicted molar refractivity (Wildman–Crippen MR) is 157 cm³/mol. The van der Waals surface area contributed by atoms with E-state index in [1.807, 2.05) is 6.92 Å².